The Morgan fingerprint density at radius 2 is 1.40 bits per heavy atom. The quantitative estimate of drug-likeness (QED) is 0.0873. The first-order valence-corrected chi connectivity index (χ1v) is 18.6. The highest BCUT2D eigenvalue weighted by atomic mass is 32.2. The number of methoxy groups -OCH3 is 1. The Labute approximate surface area is 285 Å². The minimum absolute atomic E-state index is 0.317. The molecule has 258 valence electrons. The summed E-state index contributed by atoms with van der Waals surface area (Å²) in [5.74, 6) is 2.55. The maximum Gasteiger partial charge on any atom is 0.241 e. The molecule has 1 saturated carbocycles. The van der Waals surface area contributed by atoms with E-state index < -0.39 is 10.0 Å². The van der Waals surface area contributed by atoms with E-state index in [1.165, 1.54) is 24.8 Å². The number of anilines is 4. The zero-order chi connectivity index (χ0) is 33.8. The highest BCUT2D eigenvalue weighted by molar-refractivity contribution is 7.89. The van der Waals surface area contributed by atoms with Gasteiger partial charge in [0, 0.05) is 56.2 Å². The van der Waals surface area contributed by atoms with E-state index in [-0.39, 0.29) is 0 Å². The van der Waals surface area contributed by atoms with E-state index in [9.17, 15) is 8.42 Å². The predicted octanol–water partition coefficient (Wildman–Crippen LogP) is 6.45. The van der Waals surface area contributed by atoms with Crippen LogP contribution in [0.1, 0.15) is 63.4 Å². The van der Waals surface area contributed by atoms with Crippen LogP contribution in [0.15, 0.2) is 65.6 Å². The summed E-state index contributed by atoms with van der Waals surface area (Å²) in [4.78, 5) is 16.3. The monoisotopic (exact) mass is 674 g/mol. The summed E-state index contributed by atoms with van der Waals surface area (Å²) in [6.45, 7) is 1.81. The third kappa shape index (κ3) is 9.93. The molecule has 3 aromatic carbocycles. The zero-order valence-corrected chi connectivity index (χ0v) is 29.3. The van der Waals surface area contributed by atoms with Crippen LogP contribution in [0, 0.1) is 0 Å². The molecular formula is C36H50N8O3S. The van der Waals surface area contributed by atoms with Gasteiger partial charge in [0.25, 0.3) is 0 Å². The number of sulfonamides is 1. The van der Waals surface area contributed by atoms with Gasteiger partial charge >= 0.3 is 0 Å². The van der Waals surface area contributed by atoms with Crippen LogP contribution in [0.2, 0.25) is 0 Å². The molecule has 1 aromatic heterocycles. The molecule has 4 aromatic rings. The second-order valence-electron chi connectivity index (χ2n) is 12.6. The van der Waals surface area contributed by atoms with E-state index in [2.05, 4.69) is 47.8 Å². The van der Waals surface area contributed by atoms with Gasteiger partial charge in [0.1, 0.15) is 5.75 Å². The molecule has 4 N–H and O–H groups in total. The highest BCUT2D eigenvalue weighted by Gasteiger charge is 2.18. The number of hydrogen-bond donors (Lipinski definition) is 4. The van der Waals surface area contributed by atoms with Gasteiger partial charge in [-0.2, -0.15) is 15.0 Å². The Hall–Kier alpha value is -4.16. The summed E-state index contributed by atoms with van der Waals surface area (Å²) in [6.07, 6.45) is 10.4. The summed E-state index contributed by atoms with van der Waals surface area (Å²) in [5, 5.41) is 11.9. The molecule has 0 radical (unpaired) electrons. The first-order chi connectivity index (χ1) is 23.3. The largest absolute Gasteiger partial charge is 0.497 e. The van der Waals surface area contributed by atoms with E-state index in [1.807, 2.05) is 55.4 Å². The second kappa shape index (κ2) is 17.3. The molecule has 0 atom stereocenters. The molecule has 1 aliphatic rings. The van der Waals surface area contributed by atoms with Crippen molar-refractivity contribution in [2.75, 3.05) is 61.7 Å². The Morgan fingerprint density at radius 3 is 2.10 bits per heavy atom. The number of ether oxygens (including phenoxy) is 1. The van der Waals surface area contributed by atoms with Crippen molar-refractivity contribution in [1.29, 1.82) is 0 Å². The van der Waals surface area contributed by atoms with Gasteiger partial charge in [-0.25, -0.2) is 13.1 Å². The standard InChI is InChI=1S/C36H50N8O3S/c1-44(2)32-17-11-16-31-30(32)15-12-18-33(31)48(45,46)39-25-10-5-4-9-24-37-34-41-35(38-26-23-27-19-21-29(47-3)22-20-27)43-36(42-34)40-28-13-7-6-8-14-28/h11-12,15-22,28,39H,4-10,13-14,23-26H2,1-3H3,(H3,37,38,40,41,42,43). The van der Waals surface area contributed by atoms with Crippen molar-refractivity contribution in [3.63, 3.8) is 0 Å². The number of unbranched alkanes of at least 4 members (excludes halogenated alkanes) is 3. The van der Waals surface area contributed by atoms with Crippen LogP contribution < -0.4 is 30.3 Å². The number of rotatable bonds is 18. The average Bonchev–Trinajstić information content (AvgIpc) is 3.09. The lowest BCUT2D eigenvalue weighted by molar-refractivity contribution is 0.414. The van der Waals surface area contributed by atoms with Crippen molar-refractivity contribution in [2.24, 2.45) is 0 Å². The third-order valence-electron chi connectivity index (χ3n) is 8.74. The summed E-state index contributed by atoms with van der Waals surface area (Å²) in [6, 6.07) is 19.7. The average molecular weight is 675 g/mol. The molecule has 1 fully saturated rings. The summed E-state index contributed by atoms with van der Waals surface area (Å²) >= 11 is 0. The number of nitrogens with zero attached hydrogens (tertiary/aromatic N) is 4. The number of hydrogen-bond acceptors (Lipinski definition) is 10. The van der Waals surface area contributed by atoms with E-state index in [0.29, 0.717) is 48.4 Å². The molecule has 48 heavy (non-hydrogen) atoms. The van der Waals surface area contributed by atoms with Crippen molar-refractivity contribution < 1.29 is 13.2 Å². The minimum Gasteiger partial charge on any atom is -0.497 e. The van der Waals surface area contributed by atoms with Crippen molar-refractivity contribution in [3.8, 4) is 5.75 Å². The SMILES string of the molecule is COc1ccc(CCNc2nc(NCCCCCCNS(=O)(=O)c3cccc4c(N(C)C)cccc34)nc(NC3CCCCC3)n2)cc1. The number of benzene rings is 3. The maximum atomic E-state index is 13.2. The zero-order valence-electron chi connectivity index (χ0n) is 28.5. The van der Waals surface area contributed by atoms with E-state index >= 15 is 0 Å². The van der Waals surface area contributed by atoms with Gasteiger partial charge in [0.15, 0.2) is 0 Å². The predicted molar refractivity (Wildman–Crippen MR) is 196 cm³/mol. The van der Waals surface area contributed by atoms with Crippen LogP contribution >= 0.6 is 0 Å². The Morgan fingerprint density at radius 1 is 0.750 bits per heavy atom. The molecule has 0 bridgehead atoms. The number of fused-ring (bicyclic) bond motifs is 1. The van der Waals surface area contributed by atoms with Crippen LogP contribution in [0.25, 0.3) is 10.8 Å². The normalized spacial score (nSPS) is 13.7. The van der Waals surface area contributed by atoms with Gasteiger partial charge in [-0.05, 0) is 61.9 Å². The first-order valence-electron chi connectivity index (χ1n) is 17.1. The van der Waals surface area contributed by atoms with Crippen molar-refractivity contribution in [1.82, 2.24) is 19.7 Å². The minimum atomic E-state index is -3.63. The van der Waals surface area contributed by atoms with E-state index in [1.54, 1.807) is 19.2 Å². The fourth-order valence-electron chi connectivity index (χ4n) is 6.12. The molecule has 1 heterocycles. The topological polar surface area (TPSA) is 133 Å². The fraction of sp³-hybridized carbons (Fsp3) is 0.472. The molecule has 0 unspecified atom stereocenters. The lowest BCUT2D eigenvalue weighted by Crippen LogP contribution is -2.25. The van der Waals surface area contributed by atoms with Gasteiger partial charge in [-0.1, -0.05) is 68.5 Å². The van der Waals surface area contributed by atoms with Crippen LogP contribution in [-0.2, 0) is 16.4 Å². The van der Waals surface area contributed by atoms with E-state index in [4.69, 9.17) is 4.74 Å². The smallest absolute Gasteiger partial charge is 0.241 e. The van der Waals surface area contributed by atoms with Gasteiger partial charge in [0.2, 0.25) is 27.9 Å². The first kappa shape index (κ1) is 35.2. The van der Waals surface area contributed by atoms with E-state index in [0.717, 1.165) is 67.2 Å². The van der Waals surface area contributed by atoms with Crippen molar-refractivity contribution in [2.45, 2.75) is 75.1 Å². The molecule has 0 aliphatic heterocycles. The molecule has 1 aliphatic carbocycles. The molecule has 12 heteroatoms. The lowest BCUT2D eigenvalue weighted by Gasteiger charge is -2.23. The Bertz CT molecular complexity index is 1710. The van der Waals surface area contributed by atoms with Crippen LogP contribution in [0.4, 0.5) is 23.5 Å². The Balaban J connectivity index is 1.08. The van der Waals surface area contributed by atoms with Gasteiger partial charge in [-0.3, -0.25) is 0 Å². The highest BCUT2D eigenvalue weighted by Crippen LogP contribution is 2.30. The van der Waals surface area contributed by atoms with Crippen molar-refractivity contribution in [3.05, 3.63) is 66.2 Å². The molecule has 0 spiro atoms. The summed E-state index contributed by atoms with van der Waals surface area (Å²) in [7, 11) is 1.96. The maximum absolute atomic E-state index is 13.2. The van der Waals surface area contributed by atoms with Crippen LogP contribution in [0.3, 0.4) is 0 Å². The molecule has 11 nitrogen and oxygen atoms in total. The second-order valence-corrected chi connectivity index (χ2v) is 14.3. The molecular weight excluding hydrogens is 625 g/mol. The summed E-state index contributed by atoms with van der Waals surface area (Å²) in [5.41, 5.74) is 2.19. The fourth-order valence-corrected chi connectivity index (χ4v) is 7.41. The molecule has 0 saturated heterocycles. The number of nitrogens with one attached hydrogen (secondary N) is 4. The lowest BCUT2D eigenvalue weighted by atomic mass is 9.96. The summed E-state index contributed by atoms with van der Waals surface area (Å²) < 4.78 is 34.5. The number of aromatic nitrogens is 3. The van der Waals surface area contributed by atoms with Crippen LogP contribution in [0.5, 0.6) is 5.75 Å². The molecule has 5 rings (SSSR count). The van der Waals surface area contributed by atoms with Gasteiger partial charge in [0.05, 0.1) is 12.0 Å². The Kier molecular flexibility index (Phi) is 12.7. The van der Waals surface area contributed by atoms with Crippen LogP contribution in [-0.4, -0.2) is 70.3 Å². The van der Waals surface area contributed by atoms with Gasteiger partial charge in [-0.15, -0.1) is 0 Å². The van der Waals surface area contributed by atoms with Crippen molar-refractivity contribution >= 4 is 44.3 Å². The molecule has 0 amide bonds. The third-order valence-corrected chi connectivity index (χ3v) is 10.3. The van der Waals surface area contributed by atoms with Gasteiger partial charge < -0.3 is 25.6 Å².